The smallest absolute Gasteiger partial charge is 0.0576 e. The average Bonchev–Trinajstić information content (AvgIpc) is 2.64. The zero-order valence-corrected chi connectivity index (χ0v) is 9.31. The van der Waals surface area contributed by atoms with E-state index in [2.05, 4.69) is 6.92 Å². The minimum atomic E-state index is 0.370. The molecule has 0 aromatic rings. The molecule has 1 fully saturated rings. The van der Waals surface area contributed by atoms with Crippen LogP contribution in [0.2, 0.25) is 0 Å². The highest BCUT2D eigenvalue weighted by molar-refractivity contribution is 7.99. The van der Waals surface area contributed by atoms with Crippen LogP contribution in [-0.2, 0) is 4.74 Å². The molecular formula is C10H21NOS. The second kappa shape index (κ2) is 6.68. The third-order valence-electron chi connectivity index (χ3n) is 2.42. The van der Waals surface area contributed by atoms with E-state index in [4.69, 9.17) is 10.5 Å². The highest BCUT2D eigenvalue weighted by Crippen LogP contribution is 2.18. The molecule has 0 spiro atoms. The van der Waals surface area contributed by atoms with Crippen molar-refractivity contribution in [1.29, 1.82) is 0 Å². The van der Waals surface area contributed by atoms with Gasteiger partial charge in [0.1, 0.15) is 0 Å². The van der Waals surface area contributed by atoms with Gasteiger partial charge in [0.2, 0.25) is 0 Å². The first-order valence-corrected chi connectivity index (χ1v) is 6.43. The van der Waals surface area contributed by atoms with Gasteiger partial charge in [-0.25, -0.2) is 0 Å². The lowest BCUT2D eigenvalue weighted by molar-refractivity contribution is 0.101. The SMILES string of the molecule is CCSCC(N)CCC1CCCO1. The van der Waals surface area contributed by atoms with Gasteiger partial charge in [0.15, 0.2) is 0 Å². The second-order valence-electron chi connectivity index (χ2n) is 3.63. The Morgan fingerprint density at radius 2 is 2.46 bits per heavy atom. The number of hydrogen-bond acceptors (Lipinski definition) is 3. The van der Waals surface area contributed by atoms with E-state index in [1.807, 2.05) is 11.8 Å². The van der Waals surface area contributed by atoms with Crippen molar-refractivity contribution in [3.05, 3.63) is 0 Å². The molecule has 78 valence electrons. The summed E-state index contributed by atoms with van der Waals surface area (Å²) in [6.45, 7) is 3.14. The third kappa shape index (κ3) is 4.89. The number of rotatable bonds is 6. The summed E-state index contributed by atoms with van der Waals surface area (Å²) < 4.78 is 5.55. The number of ether oxygens (including phenoxy) is 1. The predicted octanol–water partition coefficient (Wildman–Crippen LogP) is 2.03. The zero-order chi connectivity index (χ0) is 9.52. The van der Waals surface area contributed by atoms with Gasteiger partial charge in [-0.3, -0.25) is 0 Å². The van der Waals surface area contributed by atoms with Gasteiger partial charge in [0, 0.05) is 18.4 Å². The molecule has 2 nitrogen and oxygen atoms in total. The summed E-state index contributed by atoms with van der Waals surface area (Å²) in [6.07, 6.45) is 5.28. The Hall–Kier alpha value is 0.270. The molecule has 2 N–H and O–H groups in total. The second-order valence-corrected chi connectivity index (χ2v) is 4.95. The van der Waals surface area contributed by atoms with Gasteiger partial charge < -0.3 is 10.5 Å². The van der Waals surface area contributed by atoms with Crippen molar-refractivity contribution >= 4 is 11.8 Å². The molecule has 0 radical (unpaired) electrons. The van der Waals surface area contributed by atoms with E-state index in [9.17, 15) is 0 Å². The summed E-state index contributed by atoms with van der Waals surface area (Å²) in [5.41, 5.74) is 5.96. The fraction of sp³-hybridized carbons (Fsp3) is 1.00. The first kappa shape index (κ1) is 11.3. The van der Waals surface area contributed by atoms with Gasteiger partial charge in [-0.15, -0.1) is 0 Å². The van der Waals surface area contributed by atoms with Crippen molar-refractivity contribution in [3.63, 3.8) is 0 Å². The maximum absolute atomic E-state index is 5.96. The van der Waals surface area contributed by atoms with E-state index < -0.39 is 0 Å². The molecule has 0 aliphatic carbocycles. The van der Waals surface area contributed by atoms with E-state index >= 15 is 0 Å². The Morgan fingerprint density at radius 1 is 1.62 bits per heavy atom. The Kier molecular flexibility index (Phi) is 5.83. The van der Waals surface area contributed by atoms with Gasteiger partial charge in [0.05, 0.1) is 6.10 Å². The molecule has 2 unspecified atom stereocenters. The monoisotopic (exact) mass is 203 g/mol. The van der Waals surface area contributed by atoms with Crippen LogP contribution in [0, 0.1) is 0 Å². The van der Waals surface area contributed by atoms with Crippen LogP contribution in [0.4, 0.5) is 0 Å². The van der Waals surface area contributed by atoms with E-state index in [1.54, 1.807) is 0 Å². The molecule has 2 atom stereocenters. The van der Waals surface area contributed by atoms with Crippen LogP contribution in [0.1, 0.15) is 32.6 Å². The average molecular weight is 203 g/mol. The maximum Gasteiger partial charge on any atom is 0.0576 e. The van der Waals surface area contributed by atoms with Crippen molar-refractivity contribution in [2.45, 2.75) is 44.8 Å². The molecule has 1 saturated heterocycles. The van der Waals surface area contributed by atoms with Crippen LogP contribution < -0.4 is 5.73 Å². The first-order valence-electron chi connectivity index (χ1n) is 5.28. The molecule has 13 heavy (non-hydrogen) atoms. The number of thioether (sulfide) groups is 1. The lowest BCUT2D eigenvalue weighted by Crippen LogP contribution is -2.24. The van der Waals surface area contributed by atoms with Gasteiger partial charge in [0.25, 0.3) is 0 Å². The molecule has 0 aromatic heterocycles. The van der Waals surface area contributed by atoms with Crippen molar-refractivity contribution in [2.75, 3.05) is 18.1 Å². The third-order valence-corrected chi connectivity index (χ3v) is 3.49. The summed E-state index contributed by atoms with van der Waals surface area (Å²) in [5, 5.41) is 0. The van der Waals surface area contributed by atoms with Crippen LogP contribution in [-0.4, -0.2) is 30.3 Å². The van der Waals surface area contributed by atoms with Crippen molar-refractivity contribution in [1.82, 2.24) is 0 Å². The highest BCUT2D eigenvalue weighted by atomic mass is 32.2. The highest BCUT2D eigenvalue weighted by Gasteiger charge is 2.16. The summed E-state index contributed by atoms with van der Waals surface area (Å²) in [7, 11) is 0. The maximum atomic E-state index is 5.96. The Bertz CT molecular complexity index is 126. The van der Waals surface area contributed by atoms with Crippen LogP contribution >= 0.6 is 11.8 Å². The fourth-order valence-electron chi connectivity index (χ4n) is 1.62. The summed E-state index contributed by atoms with van der Waals surface area (Å²) in [6, 6.07) is 0.370. The molecule has 0 amide bonds. The van der Waals surface area contributed by atoms with Gasteiger partial charge in [-0.2, -0.15) is 11.8 Å². The summed E-state index contributed by atoms with van der Waals surface area (Å²) in [4.78, 5) is 0. The standard InChI is InChI=1S/C10H21NOS/c1-2-13-8-9(11)5-6-10-4-3-7-12-10/h9-10H,2-8,11H2,1H3. The molecule has 1 heterocycles. The van der Waals surface area contributed by atoms with Gasteiger partial charge >= 0.3 is 0 Å². The van der Waals surface area contributed by atoms with Gasteiger partial charge in [-0.1, -0.05) is 6.92 Å². The minimum Gasteiger partial charge on any atom is -0.378 e. The van der Waals surface area contributed by atoms with Crippen LogP contribution in [0.3, 0.4) is 0 Å². The summed E-state index contributed by atoms with van der Waals surface area (Å²) in [5.74, 6) is 2.27. The van der Waals surface area contributed by atoms with E-state index in [0.717, 1.165) is 25.2 Å². The van der Waals surface area contributed by atoms with Crippen molar-refractivity contribution < 1.29 is 4.74 Å². The Labute approximate surface area is 85.6 Å². The molecule has 0 bridgehead atoms. The zero-order valence-electron chi connectivity index (χ0n) is 8.50. The van der Waals surface area contributed by atoms with E-state index in [0.29, 0.717) is 12.1 Å². The normalized spacial score (nSPS) is 24.9. The molecular weight excluding hydrogens is 182 g/mol. The quantitative estimate of drug-likeness (QED) is 0.717. The van der Waals surface area contributed by atoms with Crippen LogP contribution in [0.5, 0.6) is 0 Å². The van der Waals surface area contributed by atoms with E-state index in [1.165, 1.54) is 18.6 Å². The summed E-state index contributed by atoms with van der Waals surface area (Å²) >= 11 is 1.93. The molecule has 1 aliphatic rings. The van der Waals surface area contributed by atoms with E-state index in [-0.39, 0.29) is 0 Å². The van der Waals surface area contributed by atoms with Gasteiger partial charge in [-0.05, 0) is 31.4 Å². The molecule has 0 aromatic carbocycles. The predicted molar refractivity (Wildman–Crippen MR) is 59.2 cm³/mol. The first-order chi connectivity index (χ1) is 6.33. The Morgan fingerprint density at radius 3 is 3.08 bits per heavy atom. The molecule has 0 saturated carbocycles. The van der Waals surface area contributed by atoms with Crippen molar-refractivity contribution in [3.8, 4) is 0 Å². The lowest BCUT2D eigenvalue weighted by atomic mass is 10.1. The molecule has 1 aliphatic heterocycles. The molecule has 3 heteroatoms. The minimum absolute atomic E-state index is 0.370. The van der Waals surface area contributed by atoms with Crippen LogP contribution in [0.15, 0.2) is 0 Å². The number of hydrogen-bond donors (Lipinski definition) is 1. The topological polar surface area (TPSA) is 35.2 Å². The van der Waals surface area contributed by atoms with Crippen LogP contribution in [0.25, 0.3) is 0 Å². The number of nitrogens with two attached hydrogens (primary N) is 1. The van der Waals surface area contributed by atoms with Crippen molar-refractivity contribution in [2.24, 2.45) is 5.73 Å². The largest absolute Gasteiger partial charge is 0.378 e. The molecule has 1 rings (SSSR count). The Balaban J connectivity index is 1.97. The fourth-order valence-corrected chi connectivity index (χ4v) is 2.33. The lowest BCUT2D eigenvalue weighted by Gasteiger charge is -2.13.